The molecule has 0 aromatic heterocycles. The Balaban J connectivity index is 2.01. The van der Waals surface area contributed by atoms with Crippen LogP contribution in [0.3, 0.4) is 0 Å². The molecule has 0 bridgehead atoms. The van der Waals surface area contributed by atoms with Crippen molar-refractivity contribution in [3.05, 3.63) is 71.0 Å². The molecule has 0 saturated carbocycles. The van der Waals surface area contributed by atoms with Crippen LogP contribution in [-0.4, -0.2) is 17.7 Å². The minimum Gasteiger partial charge on any atom is -0.396 e. The number of hydrogen-bond donors (Lipinski definition) is 3. The lowest BCUT2D eigenvalue weighted by Crippen LogP contribution is -2.39. The monoisotopic (exact) mass is 330 g/mol. The smallest absolute Gasteiger partial charge is 0.315 e. The fourth-order valence-corrected chi connectivity index (χ4v) is 2.49. The highest BCUT2D eigenvalue weighted by Gasteiger charge is 2.16. The van der Waals surface area contributed by atoms with Crippen molar-refractivity contribution in [3.63, 3.8) is 0 Å². The first kappa shape index (κ1) is 17.9. The molecule has 0 fully saturated rings. The first-order valence-corrected chi connectivity index (χ1v) is 8.00. The van der Waals surface area contributed by atoms with Gasteiger partial charge in [0.25, 0.3) is 0 Å². The molecule has 0 aliphatic rings. The lowest BCUT2D eigenvalue weighted by atomic mass is 10.0. The van der Waals surface area contributed by atoms with Crippen LogP contribution in [0.4, 0.5) is 9.18 Å². The minimum atomic E-state index is -0.356. The lowest BCUT2D eigenvalue weighted by molar-refractivity contribution is 0.226. The molecule has 0 aliphatic carbocycles. The van der Waals surface area contributed by atoms with E-state index in [9.17, 15) is 14.3 Å². The summed E-state index contributed by atoms with van der Waals surface area (Å²) in [5.41, 5.74) is 2.20. The number of aliphatic hydroxyl groups is 1. The summed E-state index contributed by atoms with van der Waals surface area (Å²) < 4.78 is 13.7. The van der Waals surface area contributed by atoms with Gasteiger partial charge in [-0.05, 0) is 43.0 Å². The second-order valence-electron chi connectivity index (χ2n) is 5.82. The quantitative estimate of drug-likeness (QED) is 0.757. The average molecular weight is 330 g/mol. The molecule has 128 valence electrons. The fourth-order valence-electron chi connectivity index (χ4n) is 2.49. The van der Waals surface area contributed by atoms with Crippen LogP contribution in [-0.2, 0) is 0 Å². The van der Waals surface area contributed by atoms with Crippen molar-refractivity contribution in [2.24, 2.45) is 0 Å². The zero-order chi connectivity index (χ0) is 17.5. The van der Waals surface area contributed by atoms with E-state index in [-0.39, 0.29) is 30.5 Å². The Morgan fingerprint density at radius 1 is 1.12 bits per heavy atom. The van der Waals surface area contributed by atoms with Gasteiger partial charge >= 0.3 is 6.03 Å². The molecule has 2 aromatic carbocycles. The van der Waals surface area contributed by atoms with Crippen molar-refractivity contribution in [1.29, 1.82) is 0 Å². The molecule has 24 heavy (non-hydrogen) atoms. The molecule has 2 aromatic rings. The average Bonchev–Trinajstić information content (AvgIpc) is 2.57. The summed E-state index contributed by atoms with van der Waals surface area (Å²) in [4.78, 5) is 12.2. The van der Waals surface area contributed by atoms with Gasteiger partial charge in [0.05, 0.1) is 12.1 Å². The van der Waals surface area contributed by atoms with Crippen LogP contribution in [0, 0.1) is 12.7 Å². The van der Waals surface area contributed by atoms with Gasteiger partial charge in [-0.1, -0.05) is 42.5 Å². The molecule has 2 atom stereocenters. The molecule has 4 nitrogen and oxygen atoms in total. The van der Waals surface area contributed by atoms with Crippen molar-refractivity contribution in [2.45, 2.75) is 32.4 Å². The van der Waals surface area contributed by atoms with Gasteiger partial charge in [0.2, 0.25) is 0 Å². The Morgan fingerprint density at radius 2 is 1.83 bits per heavy atom. The molecule has 5 heteroatoms. The highest BCUT2D eigenvalue weighted by Crippen LogP contribution is 2.18. The van der Waals surface area contributed by atoms with Gasteiger partial charge in [-0.25, -0.2) is 9.18 Å². The van der Waals surface area contributed by atoms with E-state index in [0.29, 0.717) is 17.5 Å². The van der Waals surface area contributed by atoms with Crippen LogP contribution in [0.25, 0.3) is 0 Å². The molecular formula is C19H23FN2O2. The number of halogens is 1. The van der Waals surface area contributed by atoms with Gasteiger partial charge in [0, 0.05) is 6.61 Å². The SMILES string of the molecule is Cc1ccc(C(C)NC(=O)N[C@H](CCO)c2ccccc2)cc1F. The van der Waals surface area contributed by atoms with E-state index in [0.717, 1.165) is 5.56 Å². The zero-order valence-electron chi connectivity index (χ0n) is 13.9. The first-order valence-electron chi connectivity index (χ1n) is 8.00. The Kier molecular flexibility index (Phi) is 6.32. The fraction of sp³-hybridized carbons (Fsp3) is 0.316. The number of nitrogens with one attached hydrogen (secondary N) is 2. The third-order valence-electron chi connectivity index (χ3n) is 3.97. The van der Waals surface area contributed by atoms with Gasteiger partial charge in [0.15, 0.2) is 0 Å². The van der Waals surface area contributed by atoms with E-state index < -0.39 is 0 Å². The normalized spacial score (nSPS) is 13.2. The van der Waals surface area contributed by atoms with E-state index in [1.165, 1.54) is 6.07 Å². The van der Waals surface area contributed by atoms with E-state index in [1.807, 2.05) is 30.3 Å². The Bertz CT molecular complexity index is 676. The Hall–Kier alpha value is -2.40. The Labute approximate surface area is 141 Å². The maximum atomic E-state index is 13.7. The number of aryl methyl sites for hydroxylation is 1. The van der Waals surface area contributed by atoms with E-state index >= 15 is 0 Å². The second-order valence-corrected chi connectivity index (χ2v) is 5.82. The summed E-state index contributed by atoms with van der Waals surface area (Å²) in [6, 6.07) is 13.4. The summed E-state index contributed by atoms with van der Waals surface area (Å²) >= 11 is 0. The Morgan fingerprint density at radius 3 is 2.46 bits per heavy atom. The molecule has 0 heterocycles. The highest BCUT2D eigenvalue weighted by atomic mass is 19.1. The predicted octanol–water partition coefficient (Wildman–Crippen LogP) is 3.62. The van der Waals surface area contributed by atoms with Crippen LogP contribution in [0.15, 0.2) is 48.5 Å². The summed E-state index contributed by atoms with van der Waals surface area (Å²) in [5, 5.41) is 14.9. The van der Waals surface area contributed by atoms with Crippen molar-refractivity contribution >= 4 is 6.03 Å². The number of benzene rings is 2. The van der Waals surface area contributed by atoms with Crippen LogP contribution in [0.2, 0.25) is 0 Å². The van der Waals surface area contributed by atoms with Gasteiger partial charge in [-0.3, -0.25) is 0 Å². The summed E-state index contributed by atoms with van der Waals surface area (Å²) in [5.74, 6) is -0.288. The number of hydrogen-bond acceptors (Lipinski definition) is 2. The number of rotatable bonds is 6. The van der Waals surface area contributed by atoms with Crippen LogP contribution < -0.4 is 10.6 Å². The molecule has 0 aliphatic heterocycles. The zero-order valence-corrected chi connectivity index (χ0v) is 13.9. The van der Waals surface area contributed by atoms with E-state index in [1.54, 1.807) is 26.0 Å². The maximum absolute atomic E-state index is 13.7. The van der Waals surface area contributed by atoms with Crippen molar-refractivity contribution in [1.82, 2.24) is 10.6 Å². The molecule has 1 unspecified atom stereocenters. The summed E-state index contributed by atoms with van der Waals surface area (Å²) in [7, 11) is 0. The predicted molar refractivity (Wildman–Crippen MR) is 92.1 cm³/mol. The molecule has 0 spiro atoms. The second kappa shape index (κ2) is 8.45. The van der Waals surface area contributed by atoms with Gasteiger partial charge in [-0.15, -0.1) is 0 Å². The molecule has 2 rings (SSSR count). The molecule has 3 N–H and O–H groups in total. The number of carbonyl (C=O) groups is 1. The van der Waals surface area contributed by atoms with Crippen molar-refractivity contribution in [2.75, 3.05) is 6.61 Å². The standard InChI is InChI=1S/C19H23FN2O2/c1-13-8-9-16(12-17(13)20)14(2)21-19(24)22-18(10-11-23)15-6-4-3-5-7-15/h3-9,12,14,18,23H,10-11H2,1-2H3,(H2,21,22,24)/t14?,18-/m1/s1. The summed E-state index contributed by atoms with van der Waals surface area (Å²) in [6.45, 7) is 3.47. The number of urea groups is 1. The topological polar surface area (TPSA) is 61.4 Å². The third kappa shape index (κ3) is 4.80. The van der Waals surface area contributed by atoms with Crippen molar-refractivity contribution in [3.8, 4) is 0 Å². The van der Waals surface area contributed by atoms with Crippen LogP contribution >= 0.6 is 0 Å². The third-order valence-corrected chi connectivity index (χ3v) is 3.97. The molecule has 2 amide bonds. The van der Waals surface area contributed by atoms with Gasteiger partial charge in [-0.2, -0.15) is 0 Å². The van der Waals surface area contributed by atoms with E-state index in [4.69, 9.17) is 0 Å². The largest absolute Gasteiger partial charge is 0.396 e. The highest BCUT2D eigenvalue weighted by molar-refractivity contribution is 5.75. The molecular weight excluding hydrogens is 307 g/mol. The molecule has 0 saturated heterocycles. The molecule has 0 radical (unpaired) electrons. The van der Waals surface area contributed by atoms with Gasteiger partial charge in [0.1, 0.15) is 5.82 Å². The van der Waals surface area contributed by atoms with Crippen molar-refractivity contribution < 1.29 is 14.3 Å². The van der Waals surface area contributed by atoms with Crippen LogP contribution in [0.5, 0.6) is 0 Å². The van der Waals surface area contributed by atoms with Gasteiger partial charge < -0.3 is 15.7 Å². The minimum absolute atomic E-state index is 0.0292. The van der Waals surface area contributed by atoms with E-state index in [2.05, 4.69) is 10.6 Å². The summed E-state index contributed by atoms with van der Waals surface area (Å²) in [6.07, 6.45) is 0.422. The number of aliphatic hydroxyl groups excluding tert-OH is 1. The van der Waals surface area contributed by atoms with Crippen LogP contribution in [0.1, 0.15) is 42.1 Å². The first-order chi connectivity index (χ1) is 11.5. The number of carbonyl (C=O) groups excluding carboxylic acids is 1. The number of amides is 2. The lowest BCUT2D eigenvalue weighted by Gasteiger charge is -2.21. The maximum Gasteiger partial charge on any atom is 0.315 e.